The van der Waals surface area contributed by atoms with Crippen molar-refractivity contribution in [2.24, 2.45) is 11.8 Å². The van der Waals surface area contributed by atoms with E-state index in [0.717, 1.165) is 6.42 Å². The number of hydrogen-bond acceptors (Lipinski definition) is 2. The summed E-state index contributed by atoms with van der Waals surface area (Å²) >= 11 is 0. The predicted molar refractivity (Wildman–Crippen MR) is 38.2 cm³/mol. The molecule has 2 atom stereocenters. The quantitative estimate of drug-likeness (QED) is 0.530. The number of aliphatic hydroxyl groups excluding tert-OH is 2. The highest BCUT2D eigenvalue weighted by atomic mass is 16.3. The maximum absolute atomic E-state index is 8.62. The summed E-state index contributed by atoms with van der Waals surface area (Å²) in [7, 11) is 0. The number of hydrogen-bond donors (Lipinski definition) is 2. The van der Waals surface area contributed by atoms with Gasteiger partial charge >= 0.3 is 0 Å². The first-order valence-electron chi connectivity index (χ1n) is 3.58. The van der Waals surface area contributed by atoms with Crippen LogP contribution in [0.1, 0.15) is 12.8 Å². The second-order valence-electron chi connectivity index (χ2n) is 2.58. The molecule has 2 nitrogen and oxygen atoms in total. The van der Waals surface area contributed by atoms with Gasteiger partial charge in [-0.05, 0) is 12.3 Å². The van der Waals surface area contributed by atoms with Crippen LogP contribution < -0.4 is 0 Å². The first kappa shape index (κ1) is 7.59. The summed E-state index contributed by atoms with van der Waals surface area (Å²) in [6, 6.07) is 0. The van der Waals surface area contributed by atoms with Gasteiger partial charge in [0.1, 0.15) is 0 Å². The van der Waals surface area contributed by atoms with Gasteiger partial charge in [0.15, 0.2) is 0 Å². The first-order chi connectivity index (χ1) is 4.88. The second-order valence-corrected chi connectivity index (χ2v) is 2.58. The maximum atomic E-state index is 8.62. The molecule has 2 heteroatoms. The van der Waals surface area contributed by atoms with Crippen LogP contribution in [0.4, 0.5) is 0 Å². The van der Waals surface area contributed by atoms with E-state index in [-0.39, 0.29) is 13.2 Å². The molecule has 2 N–H and O–H groups in total. The Morgan fingerprint density at radius 2 is 2.20 bits per heavy atom. The van der Waals surface area contributed by atoms with E-state index in [1.54, 1.807) is 0 Å². The molecule has 1 aliphatic rings. The molecule has 2 unspecified atom stereocenters. The monoisotopic (exact) mass is 140 g/mol. The van der Waals surface area contributed by atoms with Crippen LogP contribution in [0.3, 0.4) is 0 Å². The summed E-state index contributed by atoms with van der Waals surface area (Å²) in [4.78, 5) is 0. The van der Waals surface area contributed by atoms with E-state index >= 15 is 0 Å². The lowest BCUT2D eigenvalue weighted by molar-refractivity contribution is 0.273. The van der Waals surface area contributed by atoms with Gasteiger partial charge in [-0.3, -0.25) is 0 Å². The van der Waals surface area contributed by atoms with Crippen LogP contribution in [0.15, 0.2) is 0 Å². The molecule has 1 aliphatic carbocycles. The lowest BCUT2D eigenvalue weighted by Crippen LogP contribution is -1.85. The van der Waals surface area contributed by atoms with Crippen LogP contribution >= 0.6 is 0 Å². The molecule has 0 amide bonds. The van der Waals surface area contributed by atoms with Crippen LogP contribution in [0, 0.1) is 23.7 Å². The van der Waals surface area contributed by atoms with E-state index in [1.807, 2.05) is 0 Å². The Bertz CT molecular complexity index is 154. The van der Waals surface area contributed by atoms with E-state index in [1.165, 1.54) is 0 Å². The van der Waals surface area contributed by atoms with Crippen molar-refractivity contribution in [2.75, 3.05) is 13.2 Å². The van der Waals surface area contributed by atoms with Crippen LogP contribution in [0.2, 0.25) is 0 Å². The summed E-state index contributed by atoms with van der Waals surface area (Å²) in [5.41, 5.74) is 0. The van der Waals surface area contributed by atoms with Crippen LogP contribution in [0.5, 0.6) is 0 Å². The highest BCUT2D eigenvalue weighted by Crippen LogP contribution is 2.36. The van der Waals surface area contributed by atoms with Gasteiger partial charge in [0.2, 0.25) is 0 Å². The molecule has 0 aromatic heterocycles. The fourth-order valence-electron chi connectivity index (χ4n) is 0.885. The van der Waals surface area contributed by atoms with Crippen molar-refractivity contribution in [1.29, 1.82) is 0 Å². The van der Waals surface area contributed by atoms with Crippen LogP contribution in [0.25, 0.3) is 0 Å². The van der Waals surface area contributed by atoms with Crippen LogP contribution in [-0.4, -0.2) is 23.4 Å². The molecular weight excluding hydrogens is 128 g/mol. The second kappa shape index (κ2) is 3.60. The molecule has 1 saturated carbocycles. The zero-order valence-electron chi connectivity index (χ0n) is 5.88. The van der Waals surface area contributed by atoms with Gasteiger partial charge in [-0.25, -0.2) is 0 Å². The lowest BCUT2D eigenvalue weighted by atomic mass is 10.3. The Balaban J connectivity index is 2.12. The normalized spacial score (nSPS) is 29.0. The molecule has 0 bridgehead atoms. The van der Waals surface area contributed by atoms with Gasteiger partial charge in [-0.2, -0.15) is 0 Å². The molecule has 0 aromatic carbocycles. The SMILES string of the molecule is OCCC#CC1CC1CO. The minimum Gasteiger partial charge on any atom is -0.396 e. The molecule has 0 spiro atoms. The molecular formula is C8H12O2. The highest BCUT2D eigenvalue weighted by Gasteiger charge is 2.34. The van der Waals surface area contributed by atoms with Crippen molar-refractivity contribution in [1.82, 2.24) is 0 Å². The van der Waals surface area contributed by atoms with Gasteiger partial charge in [0.25, 0.3) is 0 Å². The Kier molecular flexibility index (Phi) is 2.73. The van der Waals surface area contributed by atoms with E-state index in [0.29, 0.717) is 18.3 Å². The zero-order chi connectivity index (χ0) is 7.40. The third-order valence-corrected chi connectivity index (χ3v) is 1.68. The van der Waals surface area contributed by atoms with Gasteiger partial charge in [0, 0.05) is 18.9 Å². The van der Waals surface area contributed by atoms with E-state index in [9.17, 15) is 0 Å². The lowest BCUT2D eigenvalue weighted by Gasteiger charge is -1.82. The fourth-order valence-corrected chi connectivity index (χ4v) is 0.885. The molecule has 1 rings (SSSR count). The fraction of sp³-hybridized carbons (Fsp3) is 0.750. The molecule has 56 valence electrons. The Morgan fingerprint density at radius 1 is 1.40 bits per heavy atom. The molecule has 0 aliphatic heterocycles. The number of rotatable bonds is 2. The summed E-state index contributed by atoms with van der Waals surface area (Å²) in [5, 5.41) is 17.0. The molecule has 0 radical (unpaired) electrons. The van der Waals surface area contributed by atoms with Crippen LogP contribution in [-0.2, 0) is 0 Å². The molecule has 1 fully saturated rings. The minimum atomic E-state index is 0.142. The van der Waals surface area contributed by atoms with Crippen molar-refractivity contribution in [3.05, 3.63) is 0 Å². The summed E-state index contributed by atoms with van der Waals surface area (Å²) in [6.07, 6.45) is 1.60. The van der Waals surface area contributed by atoms with Gasteiger partial charge in [-0.15, -0.1) is 5.92 Å². The minimum absolute atomic E-state index is 0.142. The smallest absolute Gasteiger partial charge is 0.0540 e. The molecule has 0 saturated heterocycles. The summed E-state index contributed by atoms with van der Waals surface area (Å²) in [5.74, 6) is 6.67. The average molecular weight is 140 g/mol. The number of aliphatic hydroxyl groups is 2. The van der Waals surface area contributed by atoms with Gasteiger partial charge in [0.05, 0.1) is 6.61 Å². The van der Waals surface area contributed by atoms with E-state index < -0.39 is 0 Å². The van der Waals surface area contributed by atoms with Crippen molar-refractivity contribution in [3.63, 3.8) is 0 Å². The van der Waals surface area contributed by atoms with E-state index in [4.69, 9.17) is 10.2 Å². The summed E-state index contributed by atoms with van der Waals surface area (Å²) < 4.78 is 0. The third-order valence-electron chi connectivity index (χ3n) is 1.68. The zero-order valence-corrected chi connectivity index (χ0v) is 5.88. The summed E-state index contributed by atoms with van der Waals surface area (Å²) in [6.45, 7) is 0.405. The van der Waals surface area contributed by atoms with Gasteiger partial charge < -0.3 is 10.2 Å². The molecule has 0 heterocycles. The topological polar surface area (TPSA) is 40.5 Å². The van der Waals surface area contributed by atoms with Crippen molar-refractivity contribution >= 4 is 0 Å². The Labute approximate surface area is 60.9 Å². The van der Waals surface area contributed by atoms with Crippen molar-refractivity contribution in [3.8, 4) is 11.8 Å². The van der Waals surface area contributed by atoms with E-state index in [2.05, 4.69) is 11.8 Å². The van der Waals surface area contributed by atoms with Crippen molar-refractivity contribution in [2.45, 2.75) is 12.8 Å². The highest BCUT2D eigenvalue weighted by molar-refractivity contribution is 5.12. The Hall–Kier alpha value is -0.520. The maximum Gasteiger partial charge on any atom is 0.0540 e. The Morgan fingerprint density at radius 3 is 2.70 bits per heavy atom. The molecule has 10 heavy (non-hydrogen) atoms. The first-order valence-corrected chi connectivity index (χ1v) is 3.58. The molecule has 0 aromatic rings. The average Bonchev–Trinajstić information content (AvgIpc) is 2.68. The largest absolute Gasteiger partial charge is 0.396 e. The third kappa shape index (κ3) is 2.02. The standard InChI is InChI=1S/C8H12O2/c9-4-2-1-3-7-5-8(7)6-10/h7-10H,2,4-6H2. The van der Waals surface area contributed by atoms with Crippen molar-refractivity contribution < 1.29 is 10.2 Å². The van der Waals surface area contributed by atoms with Gasteiger partial charge in [-0.1, -0.05) is 5.92 Å². The predicted octanol–water partition coefficient (Wildman–Crippen LogP) is 0.000600.